The molecule has 0 bridgehead atoms. The van der Waals surface area contributed by atoms with E-state index >= 15 is 0 Å². The highest BCUT2D eigenvalue weighted by molar-refractivity contribution is 6.39. The summed E-state index contributed by atoms with van der Waals surface area (Å²) in [5.41, 5.74) is 6.95. The molecule has 5 nitrogen and oxygen atoms in total. The molecule has 0 saturated heterocycles. The number of aryl methyl sites for hydroxylation is 1. The van der Waals surface area contributed by atoms with Crippen molar-refractivity contribution in [3.8, 4) is 0 Å². The lowest BCUT2D eigenvalue weighted by molar-refractivity contribution is -0.136. The molecule has 17 heavy (non-hydrogen) atoms. The van der Waals surface area contributed by atoms with Crippen LogP contribution in [0.25, 0.3) is 0 Å². The van der Waals surface area contributed by atoms with Gasteiger partial charge in [-0.15, -0.1) is 0 Å². The van der Waals surface area contributed by atoms with Crippen LogP contribution < -0.4 is 16.4 Å². The summed E-state index contributed by atoms with van der Waals surface area (Å²) in [6, 6.07) is 7.39. The average Bonchev–Trinajstić information content (AvgIpc) is 2.36. The molecule has 2 amide bonds. The largest absolute Gasteiger partial charge is 0.347 e. The Bertz CT molecular complexity index is 404. The molecule has 0 radical (unpaired) electrons. The molecular weight excluding hydrogens is 218 g/mol. The van der Waals surface area contributed by atoms with Gasteiger partial charge in [0.2, 0.25) is 0 Å². The van der Waals surface area contributed by atoms with Gasteiger partial charge in [0.25, 0.3) is 0 Å². The van der Waals surface area contributed by atoms with Crippen molar-refractivity contribution in [3.63, 3.8) is 0 Å². The van der Waals surface area contributed by atoms with Gasteiger partial charge in [0.1, 0.15) is 0 Å². The molecule has 0 aromatic heterocycles. The number of carbonyl (C=O) groups excluding carboxylic acids is 2. The van der Waals surface area contributed by atoms with Gasteiger partial charge in [-0.1, -0.05) is 19.1 Å². The molecular formula is C12H17N3O2. The molecule has 0 saturated carbocycles. The van der Waals surface area contributed by atoms with Gasteiger partial charge in [-0.3, -0.25) is 9.59 Å². The Labute approximate surface area is 100 Å². The second-order valence-corrected chi connectivity index (χ2v) is 3.55. The van der Waals surface area contributed by atoms with E-state index in [1.54, 1.807) is 6.07 Å². The minimum atomic E-state index is -0.674. The van der Waals surface area contributed by atoms with Crippen LogP contribution in [0.1, 0.15) is 12.5 Å². The van der Waals surface area contributed by atoms with E-state index < -0.39 is 11.8 Å². The fraction of sp³-hybridized carbons (Fsp3) is 0.333. The topological polar surface area (TPSA) is 84.2 Å². The van der Waals surface area contributed by atoms with Crippen molar-refractivity contribution in [1.29, 1.82) is 0 Å². The minimum absolute atomic E-state index is 0.293. The zero-order valence-corrected chi connectivity index (χ0v) is 9.82. The predicted molar refractivity (Wildman–Crippen MR) is 66.5 cm³/mol. The Morgan fingerprint density at radius 2 is 2.06 bits per heavy atom. The van der Waals surface area contributed by atoms with E-state index in [1.807, 2.05) is 25.1 Å². The zero-order chi connectivity index (χ0) is 12.7. The fourth-order valence-corrected chi connectivity index (χ4v) is 1.32. The maximum absolute atomic E-state index is 11.5. The Hall–Kier alpha value is -1.88. The molecule has 0 spiro atoms. The molecule has 5 heteroatoms. The van der Waals surface area contributed by atoms with Gasteiger partial charge in [-0.2, -0.15) is 0 Å². The van der Waals surface area contributed by atoms with Crippen molar-refractivity contribution in [1.82, 2.24) is 5.32 Å². The van der Waals surface area contributed by atoms with Crippen molar-refractivity contribution in [3.05, 3.63) is 29.8 Å². The van der Waals surface area contributed by atoms with Gasteiger partial charge >= 0.3 is 11.8 Å². The molecule has 0 aliphatic rings. The average molecular weight is 235 g/mol. The van der Waals surface area contributed by atoms with Crippen LogP contribution >= 0.6 is 0 Å². The number of carbonyl (C=O) groups is 2. The van der Waals surface area contributed by atoms with E-state index in [1.165, 1.54) is 0 Å². The number of rotatable bonds is 4. The van der Waals surface area contributed by atoms with Gasteiger partial charge in [0.05, 0.1) is 0 Å². The third kappa shape index (κ3) is 4.24. The molecule has 4 N–H and O–H groups in total. The van der Waals surface area contributed by atoms with Crippen molar-refractivity contribution in [2.24, 2.45) is 5.73 Å². The minimum Gasteiger partial charge on any atom is -0.347 e. The second kappa shape index (κ2) is 6.65. The second-order valence-electron chi connectivity index (χ2n) is 3.55. The molecule has 1 aromatic carbocycles. The maximum Gasteiger partial charge on any atom is 0.313 e. The third-order valence-corrected chi connectivity index (χ3v) is 2.23. The van der Waals surface area contributed by atoms with Crippen LogP contribution in [0.15, 0.2) is 24.3 Å². The molecule has 92 valence electrons. The van der Waals surface area contributed by atoms with Crippen molar-refractivity contribution >= 4 is 17.5 Å². The Morgan fingerprint density at radius 3 is 2.71 bits per heavy atom. The van der Waals surface area contributed by atoms with E-state index in [2.05, 4.69) is 10.6 Å². The van der Waals surface area contributed by atoms with E-state index in [-0.39, 0.29) is 0 Å². The summed E-state index contributed by atoms with van der Waals surface area (Å²) in [5.74, 6) is -1.34. The lowest BCUT2D eigenvalue weighted by Crippen LogP contribution is -2.37. The first-order valence-electron chi connectivity index (χ1n) is 5.55. The van der Waals surface area contributed by atoms with Crippen LogP contribution in [0, 0.1) is 0 Å². The first-order valence-corrected chi connectivity index (χ1v) is 5.55. The molecule has 1 rings (SSSR count). The molecule has 0 atom stereocenters. The quantitative estimate of drug-likeness (QED) is 0.655. The van der Waals surface area contributed by atoms with Crippen LogP contribution in [-0.2, 0) is 16.0 Å². The number of hydrogen-bond acceptors (Lipinski definition) is 3. The molecule has 0 aliphatic heterocycles. The van der Waals surface area contributed by atoms with Crippen molar-refractivity contribution in [2.75, 3.05) is 18.4 Å². The molecule has 1 aromatic rings. The summed E-state index contributed by atoms with van der Waals surface area (Å²) < 4.78 is 0. The normalized spacial score (nSPS) is 9.76. The highest BCUT2D eigenvalue weighted by Gasteiger charge is 2.12. The first-order chi connectivity index (χ1) is 8.17. The SMILES string of the molecule is CCc1cccc(NC(=O)C(=O)NCCN)c1. The summed E-state index contributed by atoms with van der Waals surface area (Å²) in [5, 5.41) is 4.94. The Balaban J connectivity index is 2.58. The van der Waals surface area contributed by atoms with Crippen LogP contribution in [-0.4, -0.2) is 24.9 Å². The molecule has 0 aliphatic carbocycles. The monoisotopic (exact) mass is 235 g/mol. The zero-order valence-electron chi connectivity index (χ0n) is 9.82. The van der Waals surface area contributed by atoms with Crippen LogP contribution in [0.3, 0.4) is 0 Å². The van der Waals surface area contributed by atoms with E-state index in [0.29, 0.717) is 18.8 Å². The summed E-state index contributed by atoms with van der Waals surface area (Å²) in [6.07, 6.45) is 0.878. The highest BCUT2D eigenvalue weighted by Crippen LogP contribution is 2.10. The van der Waals surface area contributed by atoms with E-state index in [0.717, 1.165) is 12.0 Å². The Morgan fingerprint density at radius 1 is 1.29 bits per heavy atom. The molecule has 0 unspecified atom stereocenters. The van der Waals surface area contributed by atoms with Gasteiger partial charge < -0.3 is 16.4 Å². The van der Waals surface area contributed by atoms with Crippen LogP contribution in [0.5, 0.6) is 0 Å². The van der Waals surface area contributed by atoms with E-state index in [9.17, 15) is 9.59 Å². The number of nitrogens with one attached hydrogen (secondary N) is 2. The van der Waals surface area contributed by atoms with Gasteiger partial charge in [-0.25, -0.2) is 0 Å². The predicted octanol–water partition coefficient (Wildman–Crippen LogP) is 0.262. The summed E-state index contributed by atoms with van der Waals surface area (Å²) in [4.78, 5) is 22.7. The summed E-state index contributed by atoms with van der Waals surface area (Å²) in [7, 11) is 0. The van der Waals surface area contributed by atoms with Crippen molar-refractivity contribution in [2.45, 2.75) is 13.3 Å². The summed E-state index contributed by atoms with van der Waals surface area (Å²) >= 11 is 0. The smallest absolute Gasteiger partial charge is 0.313 e. The van der Waals surface area contributed by atoms with Gasteiger partial charge in [0.15, 0.2) is 0 Å². The third-order valence-electron chi connectivity index (χ3n) is 2.23. The number of anilines is 1. The highest BCUT2D eigenvalue weighted by atomic mass is 16.2. The fourth-order valence-electron chi connectivity index (χ4n) is 1.32. The maximum atomic E-state index is 11.5. The first kappa shape index (κ1) is 13.2. The lowest BCUT2D eigenvalue weighted by Gasteiger charge is -2.06. The summed E-state index contributed by atoms with van der Waals surface area (Å²) in [6.45, 7) is 2.63. The lowest BCUT2D eigenvalue weighted by atomic mass is 10.1. The van der Waals surface area contributed by atoms with Gasteiger partial charge in [-0.05, 0) is 24.1 Å². The van der Waals surface area contributed by atoms with Gasteiger partial charge in [0, 0.05) is 18.8 Å². The number of nitrogens with two attached hydrogens (primary N) is 1. The molecule has 0 fully saturated rings. The number of hydrogen-bond donors (Lipinski definition) is 3. The van der Waals surface area contributed by atoms with Crippen molar-refractivity contribution < 1.29 is 9.59 Å². The molecule has 0 heterocycles. The van der Waals surface area contributed by atoms with E-state index in [4.69, 9.17) is 5.73 Å². The Kier molecular flexibility index (Phi) is 5.16. The van der Waals surface area contributed by atoms with Crippen LogP contribution in [0.4, 0.5) is 5.69 Å². The van der Waals surface area contributed by atoms with Crippen LogP contribution in [0.2, 0.25) is 0 Å². The standard InChI is InChI=1S/C12H17N3O2/c1-2-9-4-3-5-10(8-9)15-12(17)11(16)14-7-6-13/h3-5,8H,2,6-7,13H2,1H3,(H,14,16)(H,15,17). The number of amides is 2. The number of benzene rings is 1.